The third-order valence-electron chi connectivity index (χ3n) is 3.30. The van der Waals surface area contributed by atoms with E-state index in [1.54, 1.807) is 0 Å². The Morgan fingerprint density at radius 3 is 2.80 bits per heavy atom. The van der Waals surface area contributed by atoms with Crippen molar-refractivity contribution in [2.45, 2.75) is 46.2 Å². The summed E-state index contributed by atoms with van der Waals surface area (Å²) in [5, 5.41) is 10.3. The van der Waals surface area contributed by atoms with Crippen molar-refractivity contribution >= 4 is 27.3 Å². The van der Waals surface area contributed by atoms with Crippen molar-refractivity contribution in [2.75, 3.05) is 6.54 Å². The molecule has 0 aliphatic carbocycles. The SMILES string of the molecule is CCCNC(c1sccc1C)c1c(Br)cnn1CCC. The predicted molar refractivity (Wildman–Crippen MR) is 89.4 cm³/mol. The fourth-order valence-corrected chi connectivity index (χ4v) is 3.86. The first-order valence-corrected chi connectivity index (χ1v) is 8.84. The molecule has 0 aromatic carbocycles. The van der Waals surface area contributed by atoms with Gasteiger partial charge in [-0.1, -0.05) is 13.8 Å². The van der Waals surface area contributed by atoms with E-state index in [1.165, 1.54) is 16.1 Å². The van der Waals surface area contributed by atoms with Gasteiger partial charge < -0.3 is 5.32 Å². The Labute approximate surface area is 133 Å². The third kappa shape index (κ3) is 3.32. The number of thiophene rings is 1. The third-order valence-corrected chi connectivity index (χ3v) is 5.00. The number of hydrogen-bond acceptors (Lipinski definition) is 3. The van der Waals surface area contributed by atoms with Crippen molar-refractivity contribution in [3.05, 3.63) is 38.3 Å². The first-order valence-electron chi connectivity index (χ1n) is 7.17. The molecular formula is C15H22BrN3S. The maximum Gasteiger partial charge on any atom is 0.0856 e. The topological polar surface area (TPSA) is 29.9 Å². The Balaban J connectivity index is 2.41. The first-order chi connectivity index (χ1) is 9.69. The van der Waals surface area contributed by atoms with E-state index >= 15 is 0 Å². The molecule has 0 saturated carbocycles. The molecule has 5 heteroatoms. The molecule has 1 N–H and O–H groups in total. The highest BCUT2D eigenvalue weighted by Gasteiger charge is 2.23. The van der Waals surface area contributed by atoms with Gasteiger partial charge in [-0.25, -0.2) is 0 Å². The van der Waals surface area contributed by atoms with Gasteiger partial charge in [0.2, 0.25) is 0 Å². The second-order valence-corrected chi connectivity index (χ2v) is 6.76. The van der Waals surface area contributed by atoms with Crippen LogP contribution in [0.4, 0.5) is 0 Å². The van der Waals surface area contributed by atoms with Crippen molar-refractivity contribution in [1.82, 2.24) is 15.1 Å². The van der Waals surface area contributed by atoms with Gasteiger partial charge in [0.15, 0.2) is 0 Å². The molecule has 0 saturated heterocycles. The highest BCUT2D eigenvalue weighted by Crippen LogP contribution is 2.33. The molecule has 2 aromatic rings. The molecule has 2 heterocycles. The summed E-state index contributed by atoms with van der Waals surface area (Å²) in [6.45, 7) is 8.52. The molecule has 0 spiro atoms. The number of halogens is 1. The summed E-state index contributed by atoms with van der Waals surface area (Å²) in [5.41, 5.74) is 2.59. The maximum absolute atomic E-state index is 4.51. The molecular weight excluding hydrogens is 334 g/mol. The van der Waals surface area contributed by atoms with E-state index in [1.807, 2.05) is 17.5 Å². The van der Waals surface area contributed by atoms with Crippen LogP contribution in [0.1, 0.15) is 48.9 Å². The average Bonchev–Trinajstić information content (AvgIpc) is 3.00. The van der Waals surface area contributed by atoms with Crippen molar-refractivity contribution in [3.63, 3.8) is 0 Å². The normalized spacial score (nSPS) is 12.8. The standard InChI is InChI=1S/C15H22BrN3S/c1-4-7-17-13(15-11(3)6-9-20-15)14-12(16)10-18-19(14)8-5-2/h6,9-10,13,17H,4-5,7-8H2,1-3H3. The lowest BCUT2D eigenvalue weighted by atomic mass is 10.1. The minimum absolute atomic E-state index is 0.221. The van der Waals surface area contributed by atoms with E-state index in [0.29, 0.717) is 0 Å². The van der Waals surface area contributed by atoms with Crippen LogP contribution in [0, 0.1) is 6.92 Å². The van der Waals surface area contributed by atoms with Crippen molar-refractivity contribution < 1.29 is 0 Å². The second kappa shape index (κ2) is 7.38. The Kier molecular flexibility index (Phi) is 5.81. The number of nitrogens with one attached hydrogen (secondary N) is 1. The van der Waals surface area contributed by atoms with Gasteiger partial charge in [0, 0.05) is 11.4 Å². The van der Waals surface area contributed by atoms with E-state index < -0.39 is 0 Å². The van der Waals surface area contributed by atoms with Crippen LogP contribution in [0.3, 0.4) is 0 Å². The van der Waals surface area contributed by atoms with Crippen LogP contribution >= 0.6 is 27.3 Å². The molecule has 0 radical (unpaired) electrons. The van der Waals surface area contributed by atoms with E-state index in [2.05, 4.69) is 63.2 Å². The minimum Gasteiger partial charge on any atom is -0.304 e. The van der Waals surface area contributed by atoms with E-state index in [4.69, 9.17) is 0 Å². The summed E-state index contributed by atoms with van der Waals surface area (Å²) < 4.78 is 3.21. The lowest BCUT2D eigenvalue weighted by Gasteiger charge is -2.20. The van der Waals surface area contributed by atoms with Crippen molar-refractivity contribution in [1.29, 1.82) is 0 Å². The van der Waals surface area contributed by atoms with Gasteiger partial charge in [0.25, 0.3) is 0 Å². The van der Waals surface area contributed by atoms with Crippen LogP contribution in [0.2, 0.25) is 0 Å². The first kappa shape index (κ1) is 15.7. The highest BCUT2D eigenvalue weighted by atomic mass is 79.9. The Morgan fingerprint density at radius 1 is 1.40 bits per heavy atom. The van der Waals surface area contributed by atoms with Gasteiger partial charge >= 0.3 is 0 Å². The van der Waals surface area contributed by atoms with Gasteiger partial charge in [-0.3, -0.25) is 4.68 Å². The van der Waals surface area contributed by atoms with E-state index in [9.17, 15) is 0 Å². The molecule has 0 fully saturated rings. The fourth-order valence-electron chi connectivity index (χ4n) is 2.33. The predicted octanol–water partition coefficient (Wildman–Crippen LogP) is 4.51. The van der Waals surface area contributed by atoms with Crippen molar-refractivity contribution in [2.24, 2.45) is 0 Å². The number of aryl methyl sites for hydroxylation is 2. The molecule has 0 aliphatic rings. The summed E-state index contributed by atoms with van der Waals surface area (Å²) in [7, 11) is 0. The molecule has 1 atom stereocenters. The molecule has 2 rings (SSSR count). The van der Waals surface area contributed by atoms with E-state index in [-0.39, 0.29) is 6.04 Å². The zero-order valence-corrected chi connectivity index (χ0v) is 14.7. The molecule has 0 amide bonds. The molecule has 1 unspecified atom stereocenters. The number of aromatic nitrogens is 2. The van der Waals surface area contributed by atoms with Gasteiger partial charge in [-0.15, -0.1) is 11.3 Å². The zero-order chi connectivity index (χ0) is 14.5. The van der Waals surface area contributed by atoms with Crippen LogP contribution < -0.4 is 5.32 Å². The van der Waals surface area contributed by atoms with Gasteiger partial charge in [-0.05, 0) is 59.2 Å². The Morgan fingerprint density at radius 2 is 2.20 bits per heavy atom. The summed E-state index contributed by atoms with van der Waals surface area (Å²) in [4.78, 5) is 1.39. The van der Waals surface area contributed by atoms with Crippen LogP contribution in [0.5, 0.6) is 0 Å². The fraction of sp³-hybridized carbons (Fsp3) is 0.533. The minimum atomic E-state index is 0.221. The molecule has 2 aromatic heterocycles. The lowest BCUT2D eigenvalue weighted by molar-refractivity contribution is 0.513. The molecule has 0 aliphatic heterocycles. The molecule has 20 heavy (non-hydrogen) atoms. The summed E-state index contributed by atoms with van der Waals surface area (Å²) in [5.74, 6) is 0. The number of rotatable bonds is 7. The molecule has 3 nitrogen and oxygen atoms in total. The van der Waals surface area contributed by atoms with Crippen LogP contribution in [0.15, 0.2) is 22.1 Å². The summed E-state index contributed by atoms with van der Waals surface area (Å²) in [6, 6.07) is 2.41. The Hall–Kier alpha value is -0.650. The quantitative estimate of drug-likeness (QED) is 0.791. The van der Waals surface area contributed by atoms with E-state index in [0.717, 1.165) is 30.4 Å². The summed E-state index contributed by atoms with van der Waals surface area (Å²) in [6.07, 6.45) is 4.13. The Bertz CT molecular complexity index is 547. The van der Waals surface area contributed by atoms with Crippen LogP contribution in [0.25, 0.3) is 0 Å². The van der Waals surface area contributed by atoms with Gasteiger partial charge in [0.05, 0.1) is 22.4 Å². The smallest absolute Gasteiger partial charge is 0.0856 e. The van der Waals surface area contributed by atoms with Crippen LogP contribution in [-0.4, -0.2) is 16.3 Å². The molecule has 0 bridgehead atoms. The zero-order valence-electron chi connectivity index (χ0n) is 12.3. The second-order valence-electron chi connectivity index (χ2n) is 4.96. The van der Waals surface area contributed by atoms with Crippen molar-refractivity contribution in [3.8, 4) is 0 Å². The number of nitrogens with zero attached hydrogens (tertiary/aromatic N) is 2. The van der Waals surface area contributed by atoms with Gasteiger partial charge in [0.1, 0.15) is 0 Å². The molecule has 110 valence electrons. The summed E-state index contributed by atoms with van der Waals surface area (Å²) >= 11 is 5.49. The van der Waals surface area contributed by atoms with Crippen LogP contribution in [-0.2, 0) is 6.54 Å². The maximum atomic E-state index is 4.51. The highest BCUT2D eigenvalue weighted by molar-refractivity contribution is 9.10. The van der Waals surface area contributed by atoms with Gasteiger partial charge in [-0.2, -0.15) is 5.10 Å². The average molecular weight is 356 g/mol. The monoisotopic (exact) mass is 355 g/mol. The largest absolute Gasteiger partial charge is 0.304 e. The lowest BCUT2D eigenvalue weighted by Crippen LogP contribution is -2.26. The number of hydrogen-bond donors (Lipinski definition) is 1.